The van der Waals surface area contributed by atoms with Gasteiger partial charge in [0.25, 0.3) is 0 Å². The molecule has 0 amide bonds. The molecule has 0 bridgehead atoms. The summed E-state index contributed by atoms with van der Waals surface area (Å²) in [5.41, 5.74) is -2.07. The van der Waals surface area contributed by atoms with Crippen LogP contribution in [0.5, 0.6) is 0 Å². The Morgan fingerprint density at radius 3 is 1.63 bits per heavy atom. The lowest BCUT2D eigenvalue weighted by molar-refractivity contribution is -0.380. The van der Waals surface area contributed by atoms with Gasteiger partial charge in [0.15, 0.2) is 25.2 Å². The van der Waals surface area contributed by atoms with Crippen molar-refractivity contribution in [2.24, 2.45) is 45.3 Å². The molecule has 16 N–H and O–H groups in total. The van der Waals surface area contributed by atoms with Crippen LogP contribution in [0, 0.1) is 45.3 Å². The number of aliphatic hydroxyl groups is 16. The van der Waals surface area contributed by atoms with Gasteiger partial charge >= 0.3 is 0 Å². The normalized spacial score (nSPS) is 51.4. The second kappa shape index (κ2) is 23.7. The lowest BCUT2D eigenvalue weighted by Crippen LogP contribution is -2.65. The Kier molecular flexibility index (Phi) is 19.1. The SMILES string of the molecule is C[C@H](CC[C@@H](O[C@@H]1O[C@H](CO[C@H]2O[C@H](CO)[C@@H](O)[C@H](O)[C@H]2O)[C@@H](O)[C@H](O)[C@H]1O[C@H]1O[C@@H](CO)[C@H](O)[C@@H](O)[C@@H]1O)C(C)(C)O)C1CC[C@@]2(C)C3CC=C4C(CC[C@H](O[C@@H]5O[C@H](CO)[C@@H](O)[C@H](O)[C@H]5O)C4(C)C)[C@]3(C)[C@H](O)C[C@]12C. The molecule has 0 spiro atoms. The van der Waals surface area contributed by atoms with E-state index < -0.39 is 184 Å². The molecule has 452 valence electrons. The van der Waals surface area contributed by atoms with Gasteiger partial charge in [0.1, 0.15) is 97.7 Å². The Labute approximate surface area is 455 Å². The van der Waals surface area contributed by atoms with Crippen molar-refractivity contribution in [3.63, 3.8) is 0 Å². The van der Waals surface area contributed by atoms with Crippen molar-refractivity contribution in [1.82, 2.24) is 0 Å². The molecule has 0 aromatic rings. The summed E-state index contributed by atoms with van der Waals surface area (Å²) >= 11 is 0. The van der Waals surface area contributed by atoms with Crippen LogP contribution >= 0.6 is 0 Å². The van der Waals surface area contributed by atoms with Crippen molar-refractivity contribution >= 4 is 0 Å². The van der Waals surface area contributed by atoms with Gasteiger partial charge in [-0.1, -0.05) is 53.2 Å². The molecule has 24 nitrogen and oxygen atoms in total. The van der Waals surface area contributed by atoms with E-state index in [1.165, 1.54) is 13.8 Å². The molecule has 8 aliphatic rings. The van der Waals surface area contributed by atoms with Crippen molar-refractivity contribution < 1.29 is 120 Å². The number of aliphatic hydroxyl groups excluding tert-OH is 15. The fourth-order valence-corrected chi connectivity index (χ4v) is 15.6. The molecular formula is C54H92O24. The van der Waals surface area contributed by atoms with E-state index in [1.54, 1.807) is 0 Å². The number of rotatable bonds is 17. The third kappa shape index (κ3) is 11.0. The second-order valence-electron chi connectivity index (χ2n) is 25.9. The quantitative estimate of drug-likeness (QED) is 0.0637. The van der Waals surface area contributed by atoms with Crippen LogP contribution in [0.4, 0.5) is 0 Å². The van der Waals surface area contributed by atoms with Crippen LogP contribution in [-0.4, -0.2) is 255 Å². The van der Waals surface area contributed by atoms with Crippen molar-refractivity contribution in [2.45, 2.75) is 253 Å². The maximum atomic E-state index is 12.7. The Morgan fingerprint density at radius 2 is 1.09 bits per heavy atom. The molecule has 30 atom stereocenters. The number of ether oxygens (including phenoxy) is 8. The molecule has 4 heterocycles. The first-order chi connectivity index (χ1) is 36.4. The standard InChI is InChI=1S/C54H92O24/c1-22(23-15-16-52(6)30-12-10-24-25(54(30,8)31(58)17-53(23,52)7)11-14-32(50(24,2)3)76-47-43(68)39(64)35(60)27(19-56)73-47)9-13-33(51(4,5)70)77-49-45(78-48-44(69)40(65)36(61)28(20-57)74-48)41(66)37(62)29(75-49)21-71-46-42(67)38(63)34(59)26(18-55)72-46/h10,22-23,25-49,55-70H,9,11-21H2,1-8H3/t22-,23?,25?,26-,27-,28+,29-,30?,31-,32+,33-,34-,35-,36+,37-,38+,39+,40-,41+,42-,43-,44+,45-,46+,47+,48-,49+,52+,53-,54+/m1/s1. The summed E-state index contributed by atoms with van der Waals surface area (Å²) in [6, 6.07) is 0. The summed E-state index contributed by atoms with van der Waals surface area (Å²) in [4.78, 5) is 0. The molecular weight excluding hydrogens is 1030 g/mol. The molecule has 4 aliphatic carbocycles. The van der Waals surface area contributed by atoms with Crippen LogP contribution < -0.4 is 0 Å². The van der Waals surface area contributed by atoms with E-state index in [0.29, 0.717) is 32.1 Å². The zero-order valence-electron chi connectivity index (χ0n) is 46.1. The van der Waals surface area contributed by atoms with E-state index >= 15 is 0 Å². The summed E-state index contributed by atoms with van der Waals surface area (Å²) in [5, 5.41) is 172. The Morgan fingerprint density at radius 1 is 0.590 bits per heavy atom. The zero-order chi connectivity index (χ0) is 57.5. The van der Waals surface area contributed by atoms with E-state index in [2.05, 4.69) is 47.6 Å². The zero-order valence-corrected chi connectivity index (χ0v) is 46.1. The van der Waals surface area contributed by atoms with Crippen molar-refractivity contribution in [2.75, 3.05) is 26.4 Å². The first-order valence-corrected chi connectivity index (χ1v) is 28.0. The highest BCUT2D eigenvalue weighted by Crippen LogP contribution is 2.75. The Balaban J connectivity index is 0.987. The van der Waals surface area contributed by atoms with Gasteiger partial charge in [-0.05, 0) is 99.7 Å². The van der Waals surface area contributed by atoms with Crippen LogP contribution in [0.25, 0.3) is 0 Å². The molecule has 24 heteroatoms. The van der Waals surface area contributed by atoms with Gasteiger partial charge in [0.05, 0.1) is 50.3 Å². The summed E-state index contributed by atoms with van der Waals surface area (Å²) < 4.78 is 47.7. The van der Waals surface area contributed by atoms with Crippen LogP contribution in [-0.2, 0) is 37.9 Å². The second-order valence-corrected chi connectivity index (χ2v) is 25.9. The van der Waals surface area contributed by atoms with Gasteiger partial charge in [-0.15, -0.1) is 0 Å². The summed E-state index contributed by atoms with van der Waals surface area (Å²) in [5.74, 6) is 0.223. The predicted molar refractivity (Wildman–Crippen MR) is 268 cm³/mol. The smallest absolute Gasteiger partial charge is 0.187 e. The highest BCUT2D eigenvalue weighted by Gasteiger charge is 2.70. The molecule has 4 saturated heterocycles. The highest BCUT2D eigenvalue weighted by molar-refractivity contribution is 5.32. The number of allylic oxidation sites excluding steroid dienone is 1. The van der Waals surface area contributed by atoms with Crippen LogP contribution in [0.15, 0.2) is 11.6 Å². The van der Waals surface area contributed by atoms with Crippen molar-refractivity contribution in [3.05, 3.63) is 11.6 Å². The van der Waals surface area contributed by atoms with Gasteiger partial charge < -0.3 is 120 Å². The topological polar surface area (TPSA) is 398 Å². The largest absolute Gasteiger partial charge is 0.394 e. The third-order valence-electron chi connectivity index (χ3n) is 20.8. The summed E-state index contributed by atoms with van der Waals surface area (Å²) in [6.07, 6.45) is -27.6. The van der Waals surface area contributed by atoms with Gasteiger partial charge in [-0.2, -0.15) is 0 Å². The van der Waals surface area contributed by atoms with Crippen molar-refractivity contribution in [1.29, 1.82) is 0 Å². The minimum absolute atomic E-state index is 0.00555. The lowest BCUT2D eigenvalue weighted by atomic mass is 9.38. The summed E-state index contributed by atoms with van der Waals surface area (Å²) in [7, 11) is 0. The van der Waals surface area contributed by atoms with E-state index in [1.807, 2.05) is 0 Å². The monoisotopic (exact) mass is 1120 g/mol. The maximum absolute atomic E-state index is 12.7. The average Bonchev–Trinajstić information content (AvgIpc) is 3.21. The summed E-state index contributed by atoms with van der Waals surface area (Å²) in [6.45, 7) is 13.5. The minimum Gasteiger partial charge on any atom is -0.394 e. The van der Waals surface area contributed by atoms with Crippen LogP contribution in [0.2, 0.25) is 0 Å². The highest BCUT2D eigenvalue weighted by atomic mass is 16.8. The van der Waals surface area contributed by atoms with E-state index in [0.717, 1.165) is 18.4 Å². The first kappa shape index (κ1) is 62.8. The lowest BCUT2D eigenvalue weighted by Gasteiger charge is -2.67. The number of hydrogen-bond acceptors (Lipinski definition) is 24. The fourth-order valence-electron chi connectivity index (χ4n) is 15.6. The minimum atomic E-state index is -1.93. The van der Waals surface area contributed by atoms with E-state index in [4.69, 9.17) is 37.9 Å². The van der Waals surface area contributed by atoms with E-state index in [-0.39, 0.29) is 40.9 Å². The maximum Gasteiger partial charge on any atom is 0.187 e. The molecule has 3 unspecified atom stereocenters. The molecule has 3 saturated carbocycles. The fraction of sp³-hybridized carbons (Fsp3) is 0.963. The Bertz CT molecular complexity index is 2020. The van der Waals surface area contributed by atoms with Crippen LogP contribution in [0.3, 0.4) is 0 Å². The molecule has 8 rings (SSSR count). The van der Waals surface area contributed by atoms with Crippen molar-refractivity contribution in [3.8, 4) is 0 Å². The average molecular weight is 1130 g/mol. The third-order valence-corrected chi connectivity index (χ3v) is 20.8. The van der Waals surface area contributed by atoms with Gasteiger partial charge in [-0.25, -0.2) is 0 Å². The molecule has 4 aliphatic heterocycles. The van der Waals surface area contributed by atoms with Gasteiger partial charge in [0, 0.05) is 10.8 Å². The molecule has 78 heavy (non-hydrogen) atoms. The van der Waals surface area contributed by atoms with E-state index in [9.17, 15) is 81.7 Å². The van der Waals surface area contributed by atoms with Gasteiger partial charge in [0.2, 0.25) is 0 Å². The molecule has 0 aromatic heterocycles. The predicted octanol–water partition coefficient (Wildman–Crippen LogP) is -3.23. The molecule has 0 radical (unpaired) electrons. The molecule has 7 fully saturated rings. The van der Waals surface area contributed by atoms with Crippen LogP contribution in [0.1, 0.15) is 107 Å². The Hall–Kier alpha value is -1.22. The number of fused-ring (bicyclic) bond motifs is 5. The number of hydrogen-bond donors (Lipinski definition) is 16. The first-order valence-electron chi connectivity index (χ1n) is 28.0. The molecule has 0 aromatic carbocycles. The van der Waals surface area contributed by atoms with Gasteiger partial charge in [-0.3, -0.25) is 0 Å².